The zero-order chi connectivity index (χ0) is 25.8. The Morgan fingerprint density at radius 3 is 2.49 bits per heavy atom. The molecule has 1 saturated carbocycles. The van der Waals surface area contributed by atoms with Crippen molar-refractivity contribution in [3.63, 3.8) is 0 Å². The van der Waals surface area contributed by atoms with Gasteiger partial charge in [-0.15, -0.1) is 13.2 Å². The number of nitrogens with one attached hydrogen (secondary N) is 1. The summed E-state index contributed by atoms with van der Waals surface area (Å²) in [5.74, 6) is -2.16. The van der Waals surface area contributed by atoms with Crippen LogP contribution in [0.2, 0.25) is 0 Å². The number of carbonyl (C=O) groups excluding carboxylic acids is 2. The van der Waals surface area contributed by atoms with Gasteiger partial charge in [-0.2, -0.15) is 0 Å². The average Bonchev–Trinajstić information content (AvgIpc) is 3.60. The van der Waals surface area contributed by atoms with Crippen LogP contribution in [0.4, 0.5) is 35.9 Å². The minimum absolute atomic E-state index is 0.000328. The summed E-state index contributed by atoms with van der Waals surface area (Å²) < 4.78 is 84.1. The molecule has 1 heterocycles. The molecule has 8 nitrogen and oxygen atoms in total. The molecular formula is C21H25F6N3O5. The zero-order valence-electron chi connectivity index (χ0n) is 18.4. The lowest BCUT2D eigenvalue weighted by Crippen LogP contribution is -2.57. The lowest BCUT2D eigenvalue weighted by molar-refractivity contribution is -0.274. The van der Waals surface area contributed by atoms with Gasteiger partial charge in [0.1, 0.15) is 11.6 Å². The summed E-state index contributed by atoms with van der Waals surface area (Å²) in [6, 6.07) is 1.23. The second-order valence-electron chi connectivity index (χ2n) is 8.41. The van der Waals surface area contributed by atoms with Gasteiger partial charge >= 0.3 is 18.5 Å². The number of halogens is 6. The molecule has 14 heteroatoms. The fraction of sp³-hybridized carbons (Fsp3) is 0.619. The molecule has 1 aliphatic carbocycles. The summed E-state index contributed by atoms with van der Waals surface area (Å²) in [5.41, 5.74) is -0.0716. The highest BCUT2D eigenvalue weighted by Crippen LogP contribution is 2.33. The van der Waals surface area contributed by atoms with E-state index in [1.807, 2.05) is 0 Å². The van der Waals surface area contributed by atoms with Crippen LogP contribution < -0.4 is 10.1 Å². The first-order chi connectivity index (χ1) is 16.5. The standard InChI is InChI=1S/C21H25F6N3O5/c22-17-6-16(35-21(25,26)27)4-1-13(17)7-28-19(32)30(14-2-3-14)15-5-12(10-31)8-29(9-15)20(33)34-11-18(23)24/h1,4,6,12,14-15,18,31H,2-3,5,7-11H2,(H,28,32). The summed E-state index contributed by atoms with van der Waals surface area (Å²) in [5, 5.41) is 12.2. The maximum absolute atomic E-state index is 14.2. The van der Waals surface area contributed by atoms with Crippen molar-refractivity contribution in [1.82, 2.24) is 15.1 Å². The van der Waals surface area contributed by atoms with E-state index in [0.29, 0.717) is 25.3 Å². The molecule has 0 radical (unpaired) electrons. The van der Waals surface area contributed by atoms with Gasteiger partial charge < -0.3 is 29.7 Å². The monoisotopic (exact) mass is 513 g/mol. The normalized spacial score (nSPS) is 20.5. The van der Waals surface area contributed by atoms with E-state index in [1.165, 1.54) is 9.80 Å². The largest absolute Gasteiger partial charge is 0.573 e. The number of aliphatic hydroxyl groups is 1. The molecule has 2 atom stereocenters. The van der Waals surface area contributed by atoms with Crippen molar-refractivity contribution in [2.45, 2.75) is 50.7 Å². The quantitative estimate of drug-likeness (QED) is 0.520. The van der Waals surface area contributed by atoms with E-state index in [-0.39, 0.29) is 37.8 Å². The summed E-state index contributed by atoms with van der Waals surface area (Å²) in [7, 11) is 0. The van der Waals surface area contributed by atoms with Crippen LogP contribution in [0.1, 0.15) is 24.8 Å². The van der Waals surface area contributed by atoms with Crippen LogP contribution in [0.3, 0.4) is 0 Å². The van der Waals surface area contributed by atoms with E-state index in [2.05, 4.69) is 14.8 Å². The van der Waals surface area contributed by atoms with Crippen LogP contribution in [0.5, 0.6) is 5.75 Å². The van der Waals surface area contributed by atoms with Crippen LogP contribution in [0.15, 0.2) is 18.2 Å². The Labute approximate surface area is 196 Å². The third kappa shape index (κ3) is 7.80. The molecule has 1 aliphatic heterocycles. The second-order valence-corrected chi connectivity index (χ2v) is 8.41. The topological polar surface area (TPSA) is 91.3 Å². The Hall–Kier alpha value is -2.90. The fourth-order valence-corrected chi connectivity index (χ4v) is 4.00. The van der Waals surface area contributed by atoms with Gasteiger partial charge in [0.25, 0.3) is 6.43 Å². The summed E-state index contributed by atoms with van der Waals surface area (Å²) >= 11 is 0. The lowest BCUT2D eigenvalue weighted by Gasteiger charge is -2.42. The van der Waals surface area contributed by atoms with Crippen molar-refractivity contribution in [2.24, 2.45) is 5.92 Å². The van der Waals surface area contributed by atoms with E-state index < -0.39 is 55.0 Å². The molecule has 2 aliphatic rings. The molecule has 0 spiro atoms. The maximum atomic E-state index is 14.2. The smallest absolute Gasteiger partial charge is 0.443 e. The third-order valence-electron chi connectivity index (χ3n) is 5.62. The molecule has 0 bridgehead atoms. The first-order valence-corrected chi connectivity index (χ1v) is 10.9. The number of ether oxygens (including phenoxy) is 2. The molecule has 1 aromatic carbocycles. The summed E-state index contributed by atoms with van der Waals surface area (Å²) in [4.78, 5) is 27.8. The lowest BCUT2D eigenvalue weighted by atomic mass is 9.94. The molecule has 1 saturated heterocycles. The second kappa shape index (κ2) is 11.2. The Balaban J connectivity index is 1.65. The fourth-order valence-electron chi connectivity index (χ4n) is 4.00. The molecule has 2 fully saturated rings. The summed E-state index contributed by atoms with van der Waals surface area (Å²) in [6.45, 7) is -1.62. The number of hydrogen-bond acceptors (Lipinski definition) is 5. The van der Waals surface area contributed by atoms with Crippen LogP contribution in [-0.4, -0.2) is 78.2 Å². The number of piperidine rings is 1. The number of aliphatic hydroxyl groups excluding tert-OH is 1. The van der Waals surface area contributed by atoms with Crippen LogP contribution in [0, 0.1) is 11.7 Å². The number of hydrogen-bond donors (Lipinski definition) is 2. The first-order valence-electron chi connectivity index (χ1n) is 10.9. The van der Waals surface area contributed by atoms with Gasteiger partial charge in [-0.05, 0) is 25.3 Å². The molecule has 35 heavy (non-hydrogen) atoms. The Bertz CT molecular complexity index is 899. The van der Waals surface area contributed by atoms with Gasteiger partial charge in [0, 0.05) is 49.8 Å². The average molecular weight is 513 g/mol. The zero-order valence-corrected chi connectivity index (χ0v) is 18.4. The number of nitrogens with zero attached hydrogens (tertiary/aromatic N) is 2. The van der Waals surface area contributed by atoms with Gasteiger partial charge in [-0.25, -0.2) is 22.8 Å². The molecule has 196 valence electrons. The van der Waals surface area contributed by atoms with Crippen LogP contribution >= 0.6 is 0 Å². The van der Waals surface area contributed by atoms with Crippen molar-refractivity contribution >= 4 is 12.1 Å². The van der Waals surface area contributed by atoms with Crippen molar-refractivity contribution in [3.8, 4) is 5.75 Å². The van der Waals surface area contributed by atoms with E-state index >= 15 is 0 Å². The van der Waals surface area contributed by atoms with E-state index in [0.717, 1.165) is 12.1 Å². The molecule has 2 unspecified atom stereocenters. The predicted molar refractivity (Wildman–Crippen MR) is 108 cm³/mol. The van der Waals surface area contributed by atoms with Gasteiger partial charge in [-0.1, -0.05) is 6.07 Å². The van der Waals surface area contributed by atoms with Crippen molar-refractivity contribution in [1.29, 1.82) is 0 Å². The van der Waals surface area contributed by atoms with Crippen LogP contribution in [-0.2, 0) is 11.3 Å². The minimum atomic E-state index is -4.97. The summed E-state index contributed by atoms with van der Waals surface area (Å²) in [6.07, 6.45) is -7.08. The molecule has 3 amide bonds. The van der Waals surface area contributed by atoms with Gasteiger partial charge in [0.05, 0.1) is 6.04 Å². The van der Waals surface area contributed by atoms with Gasteiger partial charge in [-0.3, -0.25) is 0 Å². The number of carbonyl (C=O) groups is 2. The first kappa shape index (κ1) is 26.7. The van der Waals surface area contributed by atoms with Crippen molar-refractivity contribution in [3.05, 3.63) is 29.6 Å². The highest BCUT2D eigenvalue weighted by molar-refractivity contribution is 5.75. The Morgan fingerprint density at radius 2 is 1.91 bits per heavy atom. The predicted octanol–water partition coefficient (Wildman–Crippen LogP) is 3.48. The Kier molecular flexibility index (Phi) is 8.56. The number of rotatable bonds is 8. The highest BCUT2D eigenvalue weighted by Gasteiger charge is 2.42. The number of amides is 3. The highest BCUT2D eigenvalue weighted by atomic mass is 19.4. The van der Waals surface area contributed by atoms with Crippen molar-refractivity contribution < 1.29 is 50.5 Å². The SMILES string of the molecule is O=C(OCC(F)F)N1CC(CO)CC(N(C(=O)NCc2ccc(OC(F)(F)F)cc2F)C2CC2)C1. The number of benzene rings is 1. The number of urea groups is 1. The minimum Gasteiger partial charge on any atom is -0.443 e. The molecule has 1 aromatic rings. The van der Waals surface area contributed by atoms with Gasteiger partial charge in [0.15, 0.2) is 6.61 Å². The van der Waals surface area contributed by atoms with E-state index in [9.17, 15) is 41.0 Å². The number of likely N-dealkylation sites (tertiary alicyclic amines) is 1. The van der Waals surface area contributed by atoms with Crippen LogP contribution in [0.25, 0.3) is 0 Å². The van der Waals surface area contributed by atoms with E-state index in [1.54, 1.807) is 0 Å². The third-order valence-corrected chi connectivity index (χ3v) is 5.62. The molecular weight excluding hydrogens is 488 g/mol. The molecule has 0 aromatic heterocycles. The Morgan fingerprint density at radius 1 is 1.20 bits per heavy atom. The van der Waals surface area contributed by atoms with Crippen molar-refractivity contribution in [2.75, 3.05) is 26.3 Å². The van der Waals surface area contributed by atoms with Gasteiger partial charge in [0.2, 0.25) is 0 Å². The van der Waals surface area contributed by atoms with E-state index in [4.69, 9.17) is 0 Å². The maximum Gasteiger partial charge on any atom is 0.573 e. The molecule has 3 rings (SSSR count). The number of alkyl halides is 5. The molecule has 2 N–H and O–H groups in total.